The van der Waals surface area contributed by atoms with Crippen LogP contribution in [0.3, 0.4) is 0 Å². The van der Waals surface area contributed by atoms with Gasteiger partial charge in [-0.05, 0) is 18.1 Å². The van der Waals surface area contributed by atoms with Crippen molar-refractivity contribution in [2.75, 3.05) is 0 Å². The van der Waals surface area contributed by atoms with Gasteiger partial charge < -0.3 is 5.11 Å². The highest BCUT2D eigenvalue weighted by molar-refractivity contribution is 5.93. The first kappa shape index (κ1) is 13.9. The molecule has 2 rings (SSSR count). The fourth-order valence-electron chi connectivity index (χ4n) is 2.33. The molecular weight excluding hydrogens is 260 g/mol. The molecule has 20 heavy (non-hydrogen) atoms. The van der Waals surface area contributed by atoms with Crippen LogP contribution in [-0.4, -0.2) is 21.0 Å². The molecule has 0 aliphatic heterocycles. The van der Waals surface area contributed by atoms with Gasteiger partial charge in [-0.2, -0.15) is 0 Å². The van der Waals surface area contributed by atoms with Crippen molar-refractivity contribution in [3.05, 3.63) is 46.1 Å². The number of aliphatic carboxylic acids is 1. The normalized spacial score (nSPS) is 12.2. The summed E-state index contributed by atoms with van der Waals surface area (Å²) in [6.45, 7) is 1.90. The predicted molar refractivity (Wildman–Crippen MR) is 73.7 cm³/mol. The van der Waals surface area contributed by atoms with Crippen LogP contribution in [0, 0.1) is 10.1 Å². The van der Waals surface area contributed by atoms with Crippen LogP contribution in [0.4, 0.5) is 5.69 Å². The van der Waals surface area contributed by atoms with E-state index in [4.69, 9.17) is 0 Å². The number of rotatable bonds is 5. The number of pyridine rings is 1. The summed E-state index contributed by atoms with van der Waals surface area (Å²) < 4.78 is 0. The standard InChI is InChI=1S/C14H14N2O4/c1-2-4-11(14(17)18)9-6-7-12(16(19)20)13-10(9)5-3-8-15-13/h3,5-8,11H,2,4H2,1H3,(H,17,18). The number of non-ortho nitro benzene ring substituents is 1. The number of nitro benzene ring substituents is 1. The van der Waals surface area contributed by atoms with Gasteiger partial charge in [0.15, 0.2) is 0 Å². The summed E-state index contributed by atoms with van der Waals surface area (Å²) in [5.41, 5.74) is 0.704. The van der Waals surface area contributed by atoms with Crippen LogP contribution >= 0.6 is 0 Å². The molecular formula is C14H14N2O4. The molecule has 0 saturated carbocycles. The molecule has 1 unspecified atom stereocenters. The van der Waals surface area contributed by atoms with Crippen molar-refractivity contribution in [3.63, 3.8) is 0 Å². The molecule has 1 atom stereocenters. The number of fused-ring (bicyclic) bond motifs is 1. The summed E-state index contributed by atoms with van der Waals surface area (Å²) in [5, 5.41) is 20.9. The number of carboxylic acid groups (broad SMARTS) is 1. The van der Waals surface area contributed by atoms with E-state index in [-0.39, 0.29) is 11.2 Å². The second-order valence-electron chi connectivity index (χ2n) is 4.51. The van der Waals surface area contributed by atoms with Gasteiger partial charge in [0, 0.05) is 17.6 Å². The van der Waals surface area contributed by atoms with E-state index in [0.717, 1.165) is 6.42 Å². The molecule has 1 aromatic carbocycles. The summed E-state index contributed by atoms with van der Waals surface area (Å²) in [6.07, 6.45) is 2.67. The van der Waals surface area contributed by atoms with Crippen LogP contribution < -0.4 is 0 Å². The average Bonchev–Trinajstić information content (AvgIpc) is 2.43. The molecule has 0 saturated heterocycles. The molecule has 1 N–H and O–H groups in total. The van der Waals surface area contributed by atoms with Gasteiger partial charge in [-0.3, -0.25) is 14.9 Å². The Labute approximate surface area is 115 Å². The van der Waals surface area contributed by atoms with Gasteiger partial charge in [-0.15, -0.1) is 0 Å². The molecule has 0 fully saturated rings. The zero-order valence-electron chi connectivity index (χ0n) is 10.9. The Hall–Kier alpha value is -2.50. The van der Waals surface area contributed by atoms with Gasteiger partial charge in [-0.25, -0.2) is 4.98 Å². The maximum absolute atomic E-state index is 11.4. The molecule has 1 heterocycles. The zero-order chi connectivity index (χ0) is 14.7. The Balaban J connectivity index is 2.69. The van der Waals surface area contributed by atoms with Crippen LogP contribution in [0.15, 0.2) is 30.5 Å². The smallest absolute Gasteiger partial charge is 0.310 e. The number of aromatic nitrogens is 1. The van der Waals surface area contributed by atoms with Crippen molar-refractivity contribution < 1.29 is 14.8 Å². The monoisotopic (exact) mass is 274 g/mol. The van der Waals surface area contributed by atoms with Crippen LogP contribution in [0.1, 0.15) is 31.2 Å². The zero-order valence-corrected chi connectivity index (χ0v) is 10.9. The Morgan fingerprint density at radius 3 is 2.80 bits per heavy atom. The quantitative estimate of drug-likeness (QED) is 0.667. The fourth-order valence-corrected chi connectivity index (χ4v) is 2.33. The first-order valence-corrected chi connectivity index (χ1v) is 6.31. The van der Waals surface area contributed by atoms with Crippen LogP contribution in [0.2, 0.25) is 0 Å². The van der Waals surface area contributed by atoms with Crippen molar-refractivity contribution in [1.29, 1.82) is 0 Å². The fraction of sp³-hybridized carbons (Fsp3) is 0.286. The molecule has 2 aromatic rings. The van der Waals surface area contributed by atoms with E-state index >= 15 is 0 Å². The molecule has 0 aliphatic carbocycles. The molecule has 0 amide bonds. The number of nitrogens with zero attached hydrogens (tertiary/aromatic N) is 2. The summed E-state index contributed by atoms with van der Waals surface area (Å²) in [6, 6.07) is 6.18. The molecule has 104 valence electrons. The van der Waals surface area contributed by atoms with Crippen LogP contribution in [-0.2, 0) is 4.79 Å². The van der Waals surface area contributed by atoms with E-state index in [1.54, 1.807) is 12.1 Å². The molecule has 1 aromatic heterocycles. The van der Waals surface area contributed by atoms with Crippen LogP contribution in [0.25, 0.3) is 10.9 Å². The molecule has 6 nitrogen and oxygen atoms in total. The second kappa shape index (κ2) is 5.64. The Morgan fingerprint density at radius 2 is 2.20 bits per heavy atom. The Morgan fingerprint density at radius 1 is 1.45 bits per heavy atom. The highest BCUT2D eigenvalue weighted by Gasteiger charge is 2.24. The van der Waals surface area contributed by atoms with Gasteiger partial charge in [-0.1, -0.05) is 25.5 Å². The van der Waals surface area contributed by atoms with Crippen molar-refractivity contribution in [2.24, 2.45) is 0 Å². The van der Waals surface area contributed by atoms with E-state index in [1.807, 2.05) is 6.92 Å². The molecule has 0 spiro atoms. The maximum atomic E-state index is 11.4. The molecule has 0 aliphatic rings. The van der Waals surface area contributed by atoms with Crippen molar-refractivity contribution >= 4 is 22.6 Å². The minimum atomic E-state index is -0.925. The number of benzene rings is 1. The number of nitro groups is 1. The van der Waals surface area contributed by atoms with E-state index in [9.17, 15) is 20.0 Å². The van der Waals surface area contributed by atoms with Gasteiger partial charge in [0.25, 0.3) is 5.69 Å². The average molecular weight is 274 g/mol. The van der Waals surface area contributed by atoms with Gasteiger partial charge in [0.05, 0.1) is 10.8 Å². The van der Waals surface area contributed by atoms with E-state index < -0.39 is 16.8 Å². The number of carboxylic acids is 1. The number of hydrogen-bond acceptors (Lipinski definition) is 4. The minimum Gasteiger partial charge on any atom is -0.481 e. The first-order chi connectivity index (χ1) is 9.56. The van der Waals surface area contributed by atoms with Crippen molar-refractivity contribution in [3.8, 4) is 0 Å². The lowest BCUT2D eigenvalue weighted by Gasteiger charge is -2.14. The van der Waals surface area contributed by atoms with E-state index in [0.29, 0.717) is 17.4 Å². The highest BCUT2D eigenvalue weighted by atomic mass is 16.6. The largest absolute Gasteiger partial charge is 0.481 e. The number of hydrogen-bond donors (Lipinski definition) is 1. The third-order valence-corrected chi connectivity index (χ3v) is 3.23. The molecule has 6 heteroatoms. The van der Waals surface area contributed by atoms with Crippen LogP contribution in [0.5, 0.6) is 0 Å². The highest BCUT2D eigenvalue weighted by Crippen LogP contribution is 2.32. The lowest BCUT2D eigenvalue weighted by molar-refractivity contribution is -0.383. The summed E-state index contributed by atoms with van der Waals surface area (Å²) >= 11 is 0. The van der Waals surface area contributed by atoms with Gasteiger partial charge in [0.2, 0.25) is 0 Å². The lowest BCUT2D eigenvalue weighted by atomic mass is 9.91. The SMILES string of the molecule is CCCC(C(=O)O)c1ccc([N+](=O)[O-])c2ncccc12. The summed E-state index contributed by atoms with van der Waals surface area (Å²) in [7, 11) is 0. The molecule has 0 radical (unpaired) electrons. The Bertz CT molecular complexity index is 669. The van der Waals surface area contributed by atoms with E-state index in [1.165, 1.54) is 18.3 Å². The van der Waals surface area contributed by atoms with Crippen molar-refractivity contribution in [2.45, 2.75) is 25.7 Å². The molecule has 0 bridgehead atoms. The minimum absolute atomic E-state index is 0.106. The third-order valence-electron chi connectivity index (χ3n) is 3.23. The number of carbonyl (C=O) groups is 1. The van der Waals surface area contributed by atoms with Gasteiger partial charge in [0.1, 0.15) is 5.52 Å². The van der Waals surface area contributed by atoms with Gasteiger partial charge >= 0.3 is 5.97 Å². The first-order valence-electron chi connectivity index (χ1n) is 6.31. The summed E-state index contributed by atoms with van der Waals surface area (Å²) in [4.78, 5) is 25.9. The van der Waals surface area contributed by atoms with Crippen molar-refractivity contribution in [1.82, 2.24) is 4.98 Å². The maximum Gasteiger partial charge on any atom is 0.310 e. The summed E-state index contributed by atoms with van der Waals surface area (Å²) in [5.74, 6) is -1.60. The lowest BCUT2D eigenvalue weighted by Crippen LogP contribution is -2.12. The second-order valence-corrected chi connectivity index (χ2v) is 4.51. The third kappa shape index (κ3) is 2.45. The topological polar surface area (TPSA) is 93.3 Å². The predicted octanol–water partition coefficient (Wildman–Crippen LogP) is 3.11. The van der Waals surface area contributed by atoms with E-state index in [2.05, 4.69) is 4.98 Å². The Kier molecular flexibility index (Phi) is 3.93.